The first-order valence-corrected chi connectivity index (χ1v) is 8.90. The molecule has 1 aliphatic rings. The maximum absolute atomic E-state index is 12.7. The van der Waals surface area contributed by atoms with Crippen molar-refractivity contribution in [3.05, 3.63) is 63.2 Å². The van der Waals surface area contributed by atoms with E-state index < -0.39 is 34.4 Å². The van der Waals surface area contributed by atoms with Crippen molar-refractivity contribution in [3.8, 4) is 17.2 Å². The second-order valence-electron chi connectivity index (χ2n) is 6.38. The summed E-state index contributed by atoms with van der Waals surface area (Å²) in [7, 11) is 3.88. The third kappa shape index (κ3) is 4.06. The van der Waals surface area contributed by atoms with Gasteiger partial charge in [0.05, 0.1) is 55.2 Å². The standard InChI is InChI=1S/C20H19N3O8/c1-29-11-6-4-10(5-7-11)17-16(19(25)31-3)18(22-20(26)21-17)12-8-14(24)15(30-2)9-13(12)23(27)28/h4-9,18,24H,1-3H3,(H2,21,22,26). The number of nitro groups is 1. The van der Waals surface area contributed by atoms with Crippen LogP contribution in [0, 0.1) is 10.1 Å². The first-order chi connectivity index (χ1) is 14.8. The highest BCUT2D eigenvalue weighted by atomic mass is 16.6. The van der Waals surface area contributed by atoms with E-state index in [1.54, 1.807) is 24.3 Å². The van der Waals surface area contributed by atoms with Crippen molar-refractivity contribution in [2.45, 2.75) is 6.04 Å². The molecule has 0 fully saturated rings. The molecule has 1 heterocycles. The van der Waals surface area contributed by atoms with E-state index in [1.165, 1.54) is 14.2 Å². The Morgan fingerprint density at radius 3 is 2.35 bits per heavy atom. The van der Waals surface area contributed by atoms with Crippen molar-refractivity contribution < 1.29 is 33.8 Å². The second-order valence-corrected chi connectivity index (χ2v) is 6.38. The summed E-state index contributed by atoms with van der Waals surface area (Å²) in [6.45, 7) is 0. The highest BCUT2D eigenvalue weighted by molar-refractivity contribution is 6.04. The number of esters is 1. The third-order valence-corrected chi connectivity index (χ3v) is 4.69. The van der Waals surface area contributed by atoms with Crippen LogP contribution >= 0.6 is 0 Å². The normalized spacial score (nSPS) is 15.6. The van der Waals surface area contributed by atoms with Crippen LogP contribution in [-0.4, -0.2) is 43.4 Å². The van der Waals surface area contributed by atoms with E-state index in [-0.39, 0.29) is 22.6 Å². The molecular formula is C20H19N3O8. The Bertz CT molecular complexity index is 1080. The average molecular weight is 429 g/mol. The predicted octanol–water partition coefficient (Wildman–Crippen LogP) is 2.26. The summed E-state index contributed by atoms with van der Waals surface area (Å²) < 4.78 is 14.9. The minimum absolute atomic E-state index is 0.0834. The fourth-order valence-corrected chi connectivity index (χ4v) is 3.24. The summed E-state index contributed by atoms with van der Waals surface area (Å²) in [6, 6.07) is 6.58. The van der Waals surface area contributed by atoms with Crippen LogP contribution in [0.1, 0.15) is 17.2 Å². The minimum atomic E-state index is -1.28. The fraction of sp³-hybridized carbons (Fsp3) is 0.200. The highest BCUT2D eigenvalue weighted by Crippen LogP contribution is 2.41. The molecular weight excluding hydrogens is 410 g/mol. The predicted molar refractivity (Wildman–Crippen MR) is 108 cm³/mol. The first kappa shape index (κ1) is 21.4. The lowest BCUT2D eigenvalue weighted by atomic mass is 9.91. The molecule has 0 aliphatic carbocycles. The van der Waals surface area contributed by atoms with Gasteiger partial charge < -0.3 is 30.0 Å². The number of ether oxygens (including phenoxy) is 3. The van der Waals surface area contributed by atoms with Crippen LogP contribution in [0.4, 0.5) is 10.5 Å². The molecule has 1 aliphatic heterocycles. The number of hydrogen-bond donors (Lipinski definition) is 3. The maximum Gasteiger partial charge on any atom is 0.338 e. The van der Waals surface area contributed by atoms with Crippen LogP contribution < -0.4 is 20.1 Å². The molecule has 0 aromatic heterocycles. The van der Waals surface area contributed by atoms with Gasteiger partial charge in [0.25, 0.3) is 5.69 Å². The number of phenolic OH excluding ortho intramolecular Hbond substituents is 1. The average Bonchev–Trinajstić information content (AvgIpc) is 2.77. The van der Waals surface area contributed by atoms with E-state index >= 15 is 0 Å². The number of amides is 2. The molecule has 2 amide bonds. The largest absolute Gasteiger partial charge is 0.504 e. The SMILES string of the molecule is COC(=O)C1=C(c2ccc(OC)cc2)NC(=O)NC1c1cc(O)c(OC)cc1[N+](=O)[O-]. The molecule has 2 aromatic rings. The summed E-state index contributed by atoms with van der Waals surface area (Å²) in [5, 5.41) is 26.9. The van der Waals surface area contributed by atoms with Crippen molar-refractivity contribution in [1.29, 1.82) is 0 Å². The van der Waals surface area contributed by atoms with Crippen LogP contribution in [-0.2, 0) is 9.53 Å². The number of aromatic hydroxyl groups is 1. The zero-order chi connectivity index (χ0) is 22.7. The van der Waals surface area contributed by atoms with Crippen LogP contribution in [0.2, 0.25) is 0 Å². The third-order valence-electron chi connectivity index (χ3n) is 4.69. The number of hydrogen-bond acceptors (Lipinski definition) is 8. The molecule has 1 unspecified atom stereocenters. The summed E-state index contributed by atoms with van der Waals surface area (Å²) in [5.41, 5.74) is -0.115. The Balaban J connectivity index is 2.27. The van der Waals surface area contributed by atoms with E-state index in [0.29, 0.717) is 11.3 Å². The van der Waals surface area contributed by atoms with E-state index in [2.05, 4.69) is 10.6 Å². The van der Waals surface area contributed by atoms with Gasteiger partial charge in [0.15, 0.2) is 11.5 Å². The van der Waals surface area contributed by atoms with Crippen molar-refractivity contribution >= 4 is 23.4 Å². The van der Waals surface area contributed by atoms with Crippen LogP contribution in [0.25, 0.3) is 5.70 Å². The number of nitro benzene ring substituents is 1. The Labute approximate surface area is 176 Å². The molecule has 2 aromatic carbocycles. The molecule has 3 rings (SSSR count). The summed E-state index contributed by atoms with van der Waals surface area (Å²) >= 11 is 0. The molecule has 1 atom stereocenters. The minimum Gasteiger partial charge on any atom is -0.504 e. The van der Waals surface area contributed by atoms with Gasteiger partial charge in [-0.3, -0.25) is 10.1 Å². The number of rotatable bonds is 6. The molecule has 0 saturated heterocycles. The summed E-state index contributed by atoms with van der Waals surface area (Å²) in [6.07, 6.45) is 0. The number of nitrogens with zero attached hydrogens (tertiary/aromatic N) is 1. The number of nitrogens with one attached hydrogen (secondary N) is 2. The summed E-state index contributed by atoms with van der Waals surface area (Å²) in [5.74, 6) is -0.801. The topological polar surface area (TPSA) is 149 Å². The van der Waals surface area contributed by atoms with Gasteiger partial charge in [-0.1, -0.05) is 0 Å². The van der Waals surface area contributed by atoms with Gasteiger partial charge in [-0.2, -0.15) is 0 Å². The Hall–Kier alpha value is -4.28. The van der Waals surface area contributed by atoms with Crippen LogP contribution in [0.5, 0.6) is 17.2 Å². The number of methoxy groups -OCH3 is 3. The molecule has 0 radical (unpaired) electrons. The quantitative estimate of drug-likeness (QED) is 0.360. The van der Waals surface area contributed by atoms with Gasteiger partial charge in [-0.15, -0.1) is 0 Å². The molecule has 162 valence electrons. The van der Waals surface area contributed by atoms with Crippen molar-refractivity contribution in [1.82, 2.24) is 10.6 Å². The van der Waals surface area contributed by atoms with E-state index in [1.807, 2.05) is 0 Å². The zero-order valence-electron chi connectivity index (χ0n) is 16.8. The highest BCUT2D eigenvalue weighted by Gasteiger charge is 2.38. The molecule has 11 nitrogen and oxygen atoms in total. The van der Waals surface area contributed by atoms with Crippen molar-refractivity contribution in [2.24, 2.45) is 0 Å². The van der Waals surface area contributed by atoms with Gasteiger partial charge in [0.2, 0.25) is 0 Å². The van der Waals surface area contributed by atoms with Gasteiger partial charge in [0, 0.05) is 0 Å². The fourth-order valence-electron chi connectivity index (χ4n) is 3.24. The molecule has 0 bridgehead atoms. The van der Waals surface area contributed by atoms with Crippen LogP contribution in [0.3, 0.4) is 0 Å². The van der Waals surface area contributed by atoms with Crippen molar-refractivity contribution in [2.75, 3.05) is 21.3 Å². The number of phenols is 1. The lowest BCUT2D eigenvalue weighted by Gasteiger charge is -2.29. The van der Waals surface area contributed by atoms with E-state index in [9.17, 15) is 24.8 Å². The number of benzene rings is 2. The van der Waals surface area contributed by atoms with E-state index in [0.717, 1.165) is 19.2 Å². The Morgan fingerprint density at radius 1 is 1.13 bits per heavy atom. The zero-order valence-corrected chi connectivity index (χ0v) is 16.8. The monoisotopic (exact) mass is 429 g/mol. The van der Waals surface area contributed by atoms with E-state index in [4.69, 9.17) is 14.2 Å². The van der Waals surface area contributed by atoms with Gasteiger partial charge in [0.1, 0.15) is 5.75 Å². The van der Waals surface area contributed by atoms with Crippen molar-refractivity contribution in [3.63, 3.8) is 0 Å². The molecule has 11 heteroatoms. The Morgan fingerprint density at radius 2 is 1.81 bits per heavy atom. The number of urea groups is 1. The molecule has 31 heavy (non-hydrogen) atoms. The van der Waals surface area contributed by atoms with Crippen LogP contribution in [0.15, 0.2) is 42.0 Å². The number of carbonyl (C=O) groups excluding carboxylic acids is 2. The molecule has 0 saturated carbocycles. The smallest absolute Gasteiger partial charge is 0.338 e. The molecule has 3 N–H and O–H groups in total. The molecule has 0 spiro atoms. The first-order valence-electron chi connectivity index (χ1n) is 8.90. The van der Waals surface area contributed by atoms with Gasteiger partial charge in [-0.25, -0.2) is 9.59 Å². The Kier molecular flexibility index (Phi) is 5.95. The lowest BCUT2D eigenvalue weighted by molar-refractivity contribution is -0.385. The van der Waals surface area contributed by atoms with Gasteiger partial charge in [-0.05, 0) is 35.9 Å². The van der Waals surface area contributed by atoms with Gasteiger partial charge >= 0.3 is 12.0 Å². The maximum atomic E-state index is 12.7. The lowest BCUT2D eigenvalue weighted by Crippen LogP contribution is -2.45. The summed E-state index contributed by atoms with van der Waals surface area (Å²) in [4.78, 5) is 36.1. The second kappa shape index (κ2) is 8.61. The number of carbonyl (C=O) groups is 2.